The summed E-state index contributed by atoms with van der Waals surface area (Å²) in [6, 6.07) is 5.51. The smallest absolute Gasteiger partial charge is 0.335 e. The molecule has 0 spiro atoms. The molecular formula is C15H17NO6S. The molecule has 0 heterocycles. The van der Waals surface area contributed by atoms with Gasteiger partial charge >= 0.3 is 11.9 Å². The molecule has 1 rings (SSSR count). The summed E-state index contributed by atoms with van der Waals surface area (Å²) in [5, 5.41) is 17.9. The van der Waals surface area contributed by atoms with E-state index in [1.807, 2.05) is 0 Å². The number of rotatable bonds is 7. The van der Waals surface area contributed by atoms with Crippen molar-refractivity contribution in [2.75, 3.05) is 17.2 Å². The molecule has 7 nitrogen and oxygen atoms in total. The third-order valence-electron chi connectivity index (χ3n) is 2.92. The van der Waals surface area contributed by atoms with Gasteiger partial charge in [-0.25, -0.2) is 4.79 Å². The van der Waals surface area contributed by atoms with E-state index in [0.717, 1.165) is 16.7 Å². The van der Waals surface area contributed by atoms with Gasteiger partial charge in [-0.05, 0) is 18.2 Å². The minimum atomic E-state index is -1.22. The number of hydrogen-bond acceptors (Lipinski definition) is 5. The number of carbonyl (C=O) groups is 4. The largest absolute Gasteiger partial charge is 0.480 e. The third-order valence-corrected chi connectivity index (χ3v) is 4.00. The van der Waals surface area contributed by atoms with Crippen LogP contribution in [0.3, 0.4) is 0 Å². The number of thioether (sulfide) groups is 1. The molecule has 1 aromatic rings. The van der Waals surface area contributed by atoms with Crippen LogP contribution in [0.4, 0.5) is 5.69 Å². The van der Waals surface area contributed by atoms with Gasteiger partial charge in [-0.3, -0.25) is 14.4 Å². The van der Waals surface area contributed by atoms with Crippen LogP contribution in [0.15, 0.2) is 24.3 Å². The van der Waals surface area contributed by atoms with Gasteiger partial charge in [0.2, 0.25) is 5.91 Å². The van der Waals surface area contributed by atoms with Crippen molar-refractivity contribution in [1.29, 1.82) is 0 Å². The summed E-state index contributed by atoms with van der Waals surface area (Å²) in [6.07, 6.45) is 0. The summed E-state index contributed by atoms with van der Waals surface area (Å²) in [5.41, 5.74) is 0.147. The Labute approximate surface area is 137 Å². The highest BCUT2D eigenvalue weighted by Gasteiger charge is 2.25. The molecule has 0 aliphatic carbocycles. The monoisotopic (exact) mass is 339 g/mol. The van der Waals surface area contributed by atoms with Crippen LogP contribution < -0.4 is 4.90 Å². The zero-order valence-electron chi connectivity index (χ0n) is 12.7. The Morgan fingerprint density at radius 1 is 1.22 bits per heavy atom. The minimum Gasteiger partial charge on any atom is -0.480 e. The molecule has 1 unspecified atom stereocenters. The molecule has 23 heavy (non-hydrogen) atoms. The second kappa shape index (κ2) is 8.33. The van der Waals surface area contributed by atoms with E-state index < -0.39 is 30.3 Å². The molecule has 2 N–H and O–H groups in total. The van der Waals surface area contributed by atoms with E-state index >= 15 is 0 Å². The van der Waals surface area contributed by atoms with Gasteiger partial charge in [-0.1, -0.05) is 24.8 Å². The number of carbonyl (C=O) groups excluding carboxylic acids is 2. The lowest BCUT2D eigenvalue weighted by Crippen LogP contribution is -2.40. The topological polar surface area (TPSA) is 112 Å². The van der Waals surface area contributed by atoms with E-state index in [2.05, 4.69) is 0 Å². The molecule has 0 bridgehead atoms. The van der Waals surface area contributed by atoms with Crippen molar-refractivity contribution in [3.8, 4) is 0 Å². The summed E-state index contributed by atoms with van der Waals surface area (Å²) in [6.45, 7) is 2.39. The van der Waals surface area contributed by atoms with Crippen LogP contribution in [0.2, 0.25) is 0 Å². The van der Waals surface area contributed by atoms with Crippen LogP contribution in [0, 0.1) is 5.92 Å². The van der Waals surface area contributed by atoms with Crippen molar-refractivity contribution < 1.29 is 29.4 Å². The van der Waals surface area contributed by atoms with Crippen molar-refractivity contribution in [2.24, 2.45) is 5.92 Å². The zero-order chi connectivity index (χ0) is 17.6. The number of carboxylic acids is 2. The predicted molar refractivity (Wildman–Crippen MR) is 85.7 cm³/mol. The fourth-order valence-corrected chi connectivity index (χ4v) is 2.45. The van der Waals surface area contributed by atoms with E-state index in [1.165, 1.54) is 31.2 Å². The molecule has 1 aromatic carbocycles. The highest BCUT2D eigenvalue weighted by atomic mass is 32.2. The molecule has 1 amide bonds. The zero-order valence-corrected chi connectivity index (χ0v) is 13.5. The summed E-state index contributed by atoms with van der Waals surface area (Å²) >= 11 is 0.979. The quantitative estimate of drug-likeness (QED) is 0.777. The summed E-state index contributed by atoms with van der Waals surface area (Å²) in [7, 11) is 0. The Morgan fingerprint density at radius 3 is 2.39 bits per heavy atom. The molecule has 0 saturated heterocycles. The van der Waals surface area contributed by atoms with Gasteiger partial charge in [0, 0.05) is 24.3 Å². The van der Waals surface area contributed by atoms with Gasteiger partial charge < -0.3 is 15.1 Å². The Morgan fingerprint density at radius 2 is 1.87 bits per heavy atom. The normalized spacial score (nSPS) is 11.6. The van der Waals surface area contributed by atoms with Gasteiger partial charge in [0.1, 0.15) is 6.54 Å². The van der Waals surface area contributed by atoms with Gasteiger partial charge in [0.15, 0.2) is 5.12 Å². The third kappa shape index (κ3) is 5.74. The molecule has 0 aliphatic rings. The highest BCUT2D eigenvalue weighted by Crippen LogP contribution is 2.20. The number of hydrogen-bond donors (Lipinski definition) is 2. The Hall–Kier alpha value is -2.35. The highest BCUT2D eigenvalue weighted by molar-refractivity contribution is 8.13. The maximum atomic E-state index is 12.5. The number of benzene rings is 1. The maximum absolute atomic E-state index is 12.5. The van der Waals surface area contributed by atoms with E-state index in [0.29, 0.717) is 0 Å². The van der Waals surface area contributed by atoms with Crippen molar-refractivity contribution >= 4 is 40.4 Å². The average molecular weight is 339 g/mol. The number of amides is 1. The summed E-state index contributed by atoms with van der Waals surface area (Å²) in [5.74, 6) is -3.23. The Bertz CT molecular complexity index is 630. The number of carboxylic acid groups (broad SMARTS) is 2. The molecule has 124 valence electrons. The molecule has 1 atom stereocenters. The van der Waals surface area contributed by atoms with Gasteiger partial charge in [0.25, 0.3) is 0 Å². The fraction of sp³-hybridized carbons (Fsp3) is 0.333. The van der Waals surface area contributed by atoms with Crippen LogP contribution in [0.5, 0.6) is 0 Å². The van der Waals surface area contributed by atoms with Crippen LogP contribution in [-0.2, 0) is 14.4 Å². The van der Waals surface area contributed by atoms with Crippen molar-refractivity contribution in [1.82, 2.24) is 0 Å². The van der Waals surface area contributed by atoms with Gasteiger partial charge in [-0.15, -0.1) is 0 Å². The van der Waals surface area contributed by atoms with E-state index in [1.54, 1.807) is 6.92 Å². The Balaban J connectivity index is 3.06. The first-order valence-electron chi connectivity index (χ1n) is 6.72. The predicted octanol–water partition coefficient (Wildman–Crippen LogP) is 1.72. The van der Waals surface area contributed by atoms with Crippen LogP contribution in [-0.4, -0.2) is 45.5 Å². The lowest BCUT2D eigenvalue weighted by atomic mass is 10.1. The average Bonchev–Trinajstić information content (AvgIpc) is 2.49. The van der Waals surface area contributed by atoms with Gasteiger partial charge in [-0.2, -0.15) is 0 Å². The van der Waals surface area contributed by atoms with E-state index in [-0.39, 0.29) is 22.1 Å². The van der Waals surface area contributed by atoms with Crippen LogP contribution in [0.1, 0.15) is 24.2 Å². The lowest BCUT2D eigenvalue weighted by Gasteiger charge is -2.24. The molecule has 0 fully saturated rings. The van der Waals surface area contributed by atoms with Crippen molar-refractivity contribution in [3.63, 3.8) is 0 Å². The number of aromatic carboxylic acids is 1. The fourth-order valence-electron chi connectivity index (χ4n) is 1.82. The van der Waals surface area contributed by atoms with Crippen LogP contribution in [0.25, 0.3) is 0 Å². The Kier molecular flexibility index (Phi) is 6.77. The lowest BCUT2D eigenvalue weighted by molar-refractivity contribution is -0.137. The van der Waals surface area contributed by atoms with E-state index in [4.69, 9.17) is 10.2 Å². The first-order valence-corrected chi connectivity index (χ1v) is 7.70. The van der Waals surface area contributed by atoms with Crippen molar-refractivity contribution in [3.05, 3.63) is 29.8 Å². The number of aliphatic carboxylic acids is 1. The summed E-state index contributed by atoms with van der Waals surface area (Å²) < 4.78 is 0. The van der Waals surface area contributed by atoms with Crippen LogP contribution >= 0.6 is 11.8 Å². The van der Waals surface area contributed by atoms with Crippen molar-refractivity contribution in [2.45, 2.75) is 13.8 Å². The molecule has 0 aliphatic heterocycles. The molecule has 8 heteroatoms. The van der Waals surface area contributed by atoms with Gasteiger partial charge in [0.05, 0.1) is 5.56 Å². The SMILES string of the molecule is CC(=O)SCC(C)C(=O)N(CC(=O)O)c1cccc(C(=O)O)c1. The molecule has 0 saturated carbocycles. The number of anilines is 1. The second-order valence-corrected chi connectivity index (χ2v) is 6.07. The minimum absolute atomic E-state index is 0.0450. The van der Waals surface area contributed by atoms with E-state index in [9.17, 15) is 19.2 Å². The maximum Gasteiger partial charge on any atom is 0.335 e. The standard InChI is InChI=1S/C15H17NO6S/c1-9(8-23-10(2)17)14(20)16(7-13(18)19)12-5-3-4-11(6-12)15(21)22/h3-6,9H,7-8H2,1-2H3,(H,18,19)(H,21,22). The molecular weight excluding hydrogens is 322 g/mol. The number of nitrogens with zero attached hydrogens (tertiary/aromatic N) is 1. The first-order chi connectivity index (χ1) is 10.7. The summed E-state index contributed by atoms with van der Waals surface area (Å²) in [4.78, 5) is 46.5. The second-order valence-electron chi connectivity index (χ2n) is 4.88. The first kappa shape index (κ1) is 18.7. The molecule has 0 aromatic heterocycles. The molecule has 0 radical (unpaired) electrons.